The molecule has 114 valence electrons. The van der Waals surface area contributed by atoms with Crippen molar-refractivity contribution >= 4 is 17.3 Å². The largest absolute Gasteiger partial charge is 0.384 e. The van der Waals surface area contributed by atoms with E-state index in [0.717, 1.165) is 31.6 Å². The molecule has 1 atom stereocenters. The number of likely N-dealkylation sites (N-methyl/N-ethyl adjacent to an activating group) is 1. The van der Waals surface area contributed by atoms with Crippen LogP contribution in [0.25, 0.3) is 0 Å². The van der Waals surface area contributed by atoms with Crippen LogP contribution >= 0.6 is 11.6 Å². The summed E-state index contributed by atoms with van der Waals surface area (Å²) in [7, 11) is 2.14. The zero-order valence-corrected chi connectivity index (χ0v) is 13.3. The summed E-state index contributed by atoms with van der Waals surface area (Å²) in [5, 5.41) is 3.65. The third-order valence-electron chi connectivity index (χ3n) is 4.80. The predicted molar refractivity (Wildman–Crippen MR) is 88.2 cm³/mol. The number of fused-ring (bicyclic) bond motifs is 3. The summed E-state index contributed by atoms with van der Waals surface area (Å²) in [5.74, 6) is -0.106. The molecule has 0 radical (unpaired) electrons. The Labute approximate surface area is 134 Å². The van der Waals surface area contributed by atoms with Crippen molar-refractivity contribution < 1.29 is 4.39 Å². The second-order valence-electron chi connectivity index (χ2n) is 6.26. The first kappa shape index (κ1) is 14.0. The molecule has 0 saturated heterocycles. The zero-order chi connectivity index (χ0) is 15.3. The number of nitrogens with zero attached hydrogens (tertiary/aromatic N) is 1. The Kier molecular flexibility index (Phi) is 3.35. The van der Waals surface area contributed by atoms with Gasteiger partial charge in [0.1, 0.15) is 5.82 Å². The van der Waals surface area contributed by atoms with Crippen LogP contribution in [0.1, 0.15) is 28.2 Å². The molecule has 0 fully saturated rings. The Morgan fingerprint density at radius 2 is 2.09 bits per heavy atom. The minimum atomic E-state index is -0.354. The molecule has 2 aliphatic heterocycles. The fourth-order valence-corrected chi connectivity index (χ4v) is 3.95. The van der Waals surface area contributed by atoms with E-state index < -0.39 is 0 Å². The molecule has 0 spiro atoms. The van der Waals surface area contributed by atoms with Gasteiger partial charge in [0, 0.05) is 31.2 Å². The summed E-state index contributed by atoms with van der Waals surface area (Å²) in [6, 6.07) is 9.52. The van der Waals surface area contributed by atoms with Gasteiger partial charge in [0.2, 0.25) is 0 Å². The van der Waals surface area contributed by atoms with Crippen molar-refractivity contribution in [3.8, 4) is 0 Å². The van der Waals surface area contributed by atoms with Crippen molar-refractivity contribution in [1.29, 1.82) is 0 Å². The predicted octanol–water partition coefficient (Wildman–Crippen LogP) is 4.02. The molecule has 2 heterocycles. The quantitative estimate of drug-likeness (QED) is 0.854. The molecule has 0 bridgehead atoms. The van der Waals surface area contributed by atoms with Crippen molar-refractivity contribution in [3.63, 3.8) is 0 Å². The van der Waals surface area contributed by atoms with Gasteiger partial charge in [0.25, 0.3) is 0 Å². The summed E-state index contributed by atoms with van der Waals surface area (Å²) in [6.45, 7) is 2.93. The van der Waals surface area contributed by atoms with Crippen molar-refractivity contribution in [1.82, 2.24) is 4.90 Å². The summed E-state index contributed by atoms with van der Waals surface area (Å²) >= 11 is 5.99. The SMILES string of the molecule is CN1Cc2c(ccc3c2CCN3)C(c2ccc(F)c(Cl)c2)C1. The van der Waals surface area contributed by atoms with E-state index in [0.29, 0.717) is 0 Å². The number of anilines is 1. The van der Waals surface area contributed by atoms with Crippen LogP contribution in [-0.2, 0) is 13.0 Å². The maximum Gasteiger partial charge on any atom is 0.141 e. The first-order valence-electron chi connectivity index (χ1n) is 7.65. The lowest BCUT2D eigenvalue weighted by Gasteiger charge is -2.34. The molecule has 1 unspecified atom stereocenters. The van der Waals surface area contributed by atoms with Gasteiger partial charge in [0.05, 0.1) is 5.02 Å². The van der Waals surface area contributed by atoms with Gasteiger partial charge in [-0.25, -0.2) is 4.39 Å². The van der Waals surface area contributed by atoms with E-state index in [-0.39, 0.29) is 16.8 Å². The van der Waals surface area contributed by atoms with Gasteiger partial charge < -0.3 is 10.2 Å². The van der Waals surface area contributed by atoms with E-state index >= 15 is 0 Å². The van der Waals surface area contributed by atoms with Crippen LogP contribution in [0.5, 0.6) is 0 Å². The van der Waals surface area contributed by atoms with E-state index in [1.807, 2.05) is 6.07 Å². The number of nitrogens with one attached hydrogen (secondary N) is 1. The van der Waals surface area contributed by atoms with E-state index in [2.05, 4.69) is 29.4 Å². The monoisotopic (exact) mass is 316 g/mol. The third-order valence-corrected chi connectivity index (χ3v) is 5.09. The molecular formula is C18H18ClFN2. The highest BCUT2D eigenvalue weighted by Gasteiger charge is 2.29. The average Bonchev–Trinajstić information content (AvgIpc) is 2.98. The normalized spacial score (nSPS) is 20.4. The Morgan fingerprint density at radius 3 is 2.91 bits per heavy atom. The first-order chi connectivity index (χ1) is 10.6. The standard InChI is InChI=1S/C18H18ClFN2/c1-22-9-14(11-2-4-17(20)16(19)8-11)12-3-5-18-13(6-7-21-18)15(12)10-22/h2-5,8,14,21H,6-7,9-10H2,1H3. The number of halogens is 2. The van der Waals surface area contributed by atoms with Gasteiger partial charge in [0.15, 0.2) is 0 Å². The summed E-state index contributed by atoms with van der Waals surface area (Å²) < 4.78 is 13.5. The number of hydrogen-bond donors (Lipinski definition) is 1. The van der Waals surface area contributed by atoms with Crippen LogP contribution in [0.3, 0.4) is 0 Å². The smallest absolute Gasteiger partial charge is 0.141 e. The van der Waals surface area contributed by atoms with Crippen LogP contribution < -0.4 is 5.32 Å². The lowest BCUT2D eigenvalue weighted by atomic mass is 9.82. The van der Waals surface area contributed by atoms with Gasteiger partial charge in [-0.3, -0.25) is 0 Å². The Bertz CT molecular complexity index is 744. The number of benzene rings is 2. The van der Waals surface area contributed by atoms with E-state index in [1.54, 1.807) is 6.07 Å². The Hall–Kier alpha value is -1.58. The lowest BCUT2D eigenvalue weighted by Crippen LogP contribution is -2.31. The topological polar surface area (TPSA) is 15.3 Å². The van der Waals surface area contributed by atoms with Crippen LogP contribution in [0, 0.1) is 5.82 Å². The summed E-state index contributed by atoms with van der Waals surface area (Å²) in [6.07, 6.45) is 1.09. The highest BCUT2D eigenvalue weighted by Crippen LogP contribution is 2.39. The van der Waals surface area contributed by atoms with Gasteiger partial charge in [-0.15, -0.1) is 0 Å². The molecule has 0 aliphatic carbocycles. The van der Waals surface area contributed by atoms with Crippen LogP contribution in [-0.4, -0.2) is 25.0 Å². The van der Waals surface area contributed by atoms with Gasteiger partial charge >= 0.3 is 0 Å². The maximum atomic E-state index is 13.5. The number of rotatable bonds is 1. The second-order valence-corrected chi connectivity index (χ2v) is 6.67. The van der Waals surface area contributed by atoms with Crippen molar-refractivity contribution in [2.24, 2.45) is 0 Å². The third kappa shape index (κ3) is 2.20. The Balaban J connectivity index is 1.84. The van der Waals surface area contributed by atoms with Gasteiger partial charge in [-0.1, -0.05) is 23.7 Å². The minimum Gasteiger partial charge on any atom is -0.384 e. The van der Waals surface area contributed by atoms with Crippen LogP contribution in [0.4, 0.5) is 10.1 Å². The van der Waals surface area contributed by atoms with E-state index in [1.165, 1.54) is 28.4 Å². The zero-order valence-electron chi connectivity index (χ0n) is 12.5. The maximum absolute atomic E-state index is 13.5. The lowest BCUT2D eigenvalue weighted by molar-refractivity contribution is 0.294. The fraction of sp³-hybridized carbons (Fsp3) is 0.333. The van der Waals surface area contributed by atoms with Crippen molar-refractivity contribution in [2.45, 2.75) is 18.9 Å². The fourth-order valence-electron chi connectivity index (χ4n) is 3.76. The molecule has 0 amide bonds. The molecule has 22 heavy (non-hydrogen) atoms. The molecule has 4 heteroatoms. The molecule has 0 aromatic heterocycles. The van der Waals surface area contributed by atoms with Crippen molar-refractivity contribution in [2.75, 3.05) is 25.5 Å². The van der Waals surface area contributed by atoms with E-state index in [9.17, 15) is 4.39 Å². The molecule has 2 aliphatic rings. The molecular weight excluding hydrogens is 299 g/mol. The molecule has 0 saturated carbocycles. The van der Waals surface area contributed by atoms with E-state index in [4.69, 9.17) is 11.6 Å². The molecule has 2 aromatic carbocycles. The molecule has 1 N–H and O–H groups in total. The van der Waals surface area contributed by atoms with Gasteiger partial charge in [-0.2, -0.15) is 0 Å². The van der Waals surface area contributed by atoms with Gasteiger partial charge in [-0.05, 0) is 53.9 Å². The summed E-state index contributed by atoms with van der Waals surface area (Å²) in [5.41, 5.74) is 6.60. The Morgan fingerprint density at radius 1 is 1.23 bits per heavy atom. The van der Waals surface area contributed by atoms with Crippen LogP contribution in [0.15, 0.2) is 30.3 Å². The molecule has 4 rings (SSSR count). The first-order valence-corrected chi connectivity index (χ1v) is 8.03. The highest BCUT2D eigenvalue weighted by molar-refractivity contribution is 6.30. The highest BCUT2D eigenvalue weighted by atomic mass is 35.5. The van der Waals surface area contributed by atoms with Crippen molar-refractivity contribution in [3.05, 3.63) is 63.4 Å². The van der Waals surface area contributed by atoms with Crippen LogP contribution in [0.2, 0.25) is 5.02 Å². The second kappa shape index (κ2) is 5.25. The number of hydrogen-bond acceptors (Lipinski definition) is 2. The molecule has 2 nitrogen and oxygen atoms in total. The minimum absolute atomic E-state index is 0.204. The molecule has 2 aromatic rings. The average molecular weight is 317 g/mol. The summed E-state index contributed by atoms with van der Waals surface area (Å²) in [4.78, 5) is 2.34.